The predicted octanol–water partition coefficient (Wildman–Crippen LogP) is 1.94. The van der Waals surface area contributed by atoms with Crippen LogP contribution in [0.1, 0.15) is 13.3 Å². The number of benzene rings is 1. The molecule has 0 unspecified atom stereocenters. The molecule has 0 aliphatic carbocycles. The van der Waals surface area contributed by atoms with Crippen LogP contribution in [0, 0.1) is 0 Å². The molecule has 148 valence electrons. The highest BCUT2D eigenvalue weighted by Crippen LogP contribution is 2.19. The van der Waals surface area contributed by atoms with Gasteiger partial charge in [0.25, 0.3) is 0 Å². The fraction of sp³-hybridized carbons (Fsp3) is 0.550. The molecule has 1 aromatic carbocycles. The van der Waals surface area contributed by atoms with E-state index in [9.17, 15) is 9.90 Å². The van der Waals surface area contributed by atoms with Gasteiger partial charge < -0.3 is 24.8 Å². The Hall–Kier alpha value is -2.09. The van der Waals surface area contributed by atoms with Gasteiger partial charge in [0.2, 0.25) is 0 Å². The van der Waals surface area contributed by atoms with Crippen LogP contribution < -0.4 is 10.1 Å². The van der Waals surface area contributed by atoms with E-state index in [-0.39, 0.29) is 12.1 Å². The molecular weight excluding hydrogens is 346 g/mol. The first-order valence-corrected chi connectivity index (χ1v) is 9.46. The molecule has 2 amide bonds. The second-order valence-electron chi connectivity index (χ2n) is 7.25. The van der Waals surface area contributed by atoms with E-state index >= 15 is 0 Å². The Balaban J connectivity index is 1.53. The SMILES string of the molecule is C=C(C)COc1cccc(NC(=O)N2CCCN([C@H]3COC[C@@H]3O)CC2)c1. The maximum absolute atomic E-state index is 12.7. The van der Waals surface area contributed by atoms with Crippen molar-refractivity contribution in [1.29, 1.82) is 0 Å². The molecule has 0 aromatic heterocycles. The average Bonchev–Trinajstić information content (AvgIpc) is 2.92. The second kappa shape index (κ2) is 9.21. The minimum absolute atomic E-state index is 0.0372. The van der Waals surface area contributed by atoms with Gasteiger partial charge in [-0.25, -0.2) is 4.79 Å². The standard InChI is InChI=1S/C20H29N3O4/c1-15(2)12-27-17-6-3-5-16(11-17)21-20(25)23-8-4-7-22(9-10-23)18-13-26-14-19(18)24/h3,5-6,11,18-19,24H,1,4,7-10,12-14H2,2H3,(H,21,25)/t18-,19-/m0/s1. The summed E-state index contributed by atoms with van der Waals surface area (Å²) in [5.74, 6) is 0.702. The summed E-state index contributed by atoms with van der Waals surface area (Å²) in [6.07, 6.45) is 0.436. The highest BCUT2D eigenvalue weighted by Gasteiger charge is 2.33. The lowest BCUT2D eigenvalue weighted by Crippen LogP contribution is -2.45. The minimum atomic E-state index is -0.438. The van der Waals surface area contributed by atoms with E-state index in [2.05, 4.69) is 16.8 Å². The second-order valence-corrected chi connectivity index (χ2v) is 7.25. The first-order chi connectivity index (χ1) is 13.0. The maximum atomic E-state index is 12.7. The Morgan fingerprint density at radius 3 is 2.93 bits per heavy atom. The van der Waals surface area contributed by atoms with Gasteiger partial charge in [-0.2, -0.15) is 0 Å². The van der Waals surface area contributed by atoms with Crippen molar-refractivity contribution in [3.05, 3.63) is 36.4 Å². The summed E-state index contributed by atoms with van der Waals surface area (Å²) in [5, 5.41) is 13.0. The fourth-order valence-corrected chi connectivity index (χ4v) is 3.43. The van der Waals surface area contributed by atoms with Crippen molar-refractivity contribution < 1.29 is 19.4 Å². The van der Waals surface area contributed by atoms with Crippen LogP contribution in [-0.4, -0.2) is 79.1 Å². The molecule has 0 bridgehead atoms. The molecule has 2 heterocycles. The number of hydrogen-bond acceptors (Lipinski definition) is 5. The number of carbonyl (C=O) groups excluding carboxylic acids is 1. The summed E-state index contributed by atoms with van der Waals surface area (Å²) >= 11 is 0. The van der Waals surface area contributed by atoms with Gasteiger partial charge in [-0.15, -0.1) is 0 Å². The molecule has 2 N–H and O–H groups in total. The van der Waals surface area contributed by atoms with E-state index in [4.69, 9.17) is 9.47 Å². The number of anilines is 1. The lowest BCUT2D eigenvalue weighted by Gasteiger charge is -2.28. The molecule has 7 nitrogen and oxygen atoms in total. The number of aliphatic hydroxyl groups is 1. The molecule has 3 rings (SSSR count). The van der Waals surface area contributed by atoms with Gasteiger partial charge in [-0.05, 0) is 31.1 Å². The van der Waals surface area contributed by atoms with E-state index in [1.165, 1.54) is 0 Å². The largest absolute Gasteiger partial charge is 0.489 e. The van der Waals surface area contributed by atoms with Crippen molar-refractivity contribution in [2.24, 2.45) is 0 Å². The van der Waals surface area contributed by atoms with Crippen molar-refractivity contribution >= 4 is 11.7 Å². The molecular formula is C20H29N3O4. The molecule has 2 aliphatic heterocycles. The van der Waals surface area contributed by atoms with Crippen LogP contribution in [0.3, 0.4) is 0 Å². The number of rotatable bonds is 5. The van der Waals surface area contributed by atoms with Gasteiger partial charge >= 0.3 is 6.03 Å². The highest BCUT2D eigenvalue weighted by molar-refractivity contribution is 5.89. The topological polar surface area (TPSA) is 74.3 Å². The van der Waals surface area contributed by atoms with Crippen LogP contribution in [0.2, 0.25) is 0 Å². The average molecular weight is 375 g/mol. The van der Waals surface area contributed by atoms with Crippen molar-refractivity contribution in [1.82, 2.24) is 9.80 Å². The lowest BCUT2D eigenvalue weighted by atomic mass is 10.2. The van der Waals surface area contributed by atoms with E-state index in [0.717, 1.165) is 25.1 Å². The van der Waals surface area contributed by atoms with E-state index in [1.807, 2.05) is 36.1 Å². The third kappa shape index (κ3) is 5.45. The molecule has 2 atom stereocenters. The van der Waals surface area contributed by atoms with Crippen LogP contribution in [0.4, 0.5) is 10.5 Å². The monoisotopic (exact) mass is 375 g/mol. The summed E-state index contributed by atoms with van der Waals surface area (Å²) in [4.78, 5) is 16.7. The zero-order valence-electron chi connectivity index (χ0n) is 15.9. The molecule has 1 aromatic rings. The van der Waals surface area contributed by atoms with Gasteiger partial charge in [0.1, 0.15) is 12.4 Å². The van der Waals surface area contributed by atoms with E-state index in [1.54, 1.807) is 0 Å². The number of urea groups is 1. The number of carbonyl (C=O) groups is 1. The molecule has 2 saturated heterocycles. The maximum Gasteiger partial charge on any atom is 0.321 e. The Morgan fingerprint density at radius 1 is 1.33 bits per heavy atom. The Labute approximate surface area is 160 Å². The Bertz CT molecular complexity index is 666. The summed E-state index contributed by atoms with van der Waals surface area (Å²) in [6.45, 7) is 10.1. The van der Waals surface area contributed by atoms with Crippen molar-refractivity contribution in [2.45, 2.75) is 25.5 Å². The molecule has 0 radical (unpaired) electrons. The zero-order chi connectivity index (χ0) is 19.2. The van der Waals surface area contributed by atoms with Crippen LogP contribution >= 0.6 is 0 Å². The highest BCUT2D eigenvalue weighted by atomic mass is 16.5. The first-order valence-electron chi connectivity index (χ1n) is 9.46. The van der Waals surface area contributed by atoms with Crippen LogP contribution in [0.5, 0.6) is 5.75 Å². The minimum Gasteiger partial charge on any atom is -0.489 e. The van der Waals surface area contributed by atoms with Crippen molar-refractivity contribution in [3.63, 3.8) is 0 Å². The van der Waals surface area contributed by atoms with E-state index in [0.29, 0.717) is 44.3 Å². The number of nitrogens with zero attached hydrogens (tertiary/aromatic N) is 2. The van der Waals surface area contributed by atoms with Gasteiger partial charge in [-0.1, -0.05) is 12.6 Å². The smallest absolute Gasteiger partial charge is 0.321 e. The first kappa shape index (κ1) is 19.7. The van der Waals surface area contributed by atoms with Crippen LogP contribution in [0.25, 0.3) is 0 Å². The third-order valence-electron chi connectivity index (χ3n) is 4.88. The quantitative estimate of drug-likeness (QED) is 0.770. The van der Waals surface area contributed by atoms with Gasteiger partial charge in [0.05, 0.1) is 25.4 Å². The van der Waals surface area contributed by atoms with Crippen LogP contribution in [-0.2, 0) is 4.74 Å². The number of nitrogens with one attached hydrogen (secondary N) is 1. The van der Waals surface area contributed by atoms with Crippen molar-refractivity contribution in [2.75, 3.05) is 51.3 Å². The lowest BCUT2D eigenvalue weighted by molar-refractivity contribution is 0.0845. The molecule has 2 aliphatic rings. The number of ether oxygens (including phenoxy) is 2. The number of amides is 2. The number of aliphatic hydroxyl groups excluding tert-OH is 1. The summed E-state index contributed by atoms with van der Waals surface area (Å²) in [5.41, 5.74) is 1.65. The third-order valence-corrected chi connectivity index (χ3v) is 4.88. The van der Waals surface area contributed by atoms with Crippen LogP contribution in [0.15, 0.2) is 36.4 Å². The molecule has 0 spiro atoms. The normalized spacial score (nSPS) is 23.7. The summed E-state index contributed by atoms with van der Waals surface area (Å²) in [7, 11) is 0. The zero-order valence-corrected chi connectivity index (χ0v) is 15.9. The van der Waals surface area contributed by atoms with Gasteiger partial charge in [0.15, 0.2) is 0 Å². The fourth-order valence-electron chi connectivity index (χ4n) is 3.43. The van der Waals surface area contributed by atoms with E-state index < -0.39 is 6.10 Å². The summed E-state index contributed by atoms with van der Waals surface area (Å²) < 4.78 is 11.0. The molecule has 2 fully saturated rings. The van der Waals surface area contributed by atoms with Gasteiger partial charge in [-0.3, -0.25) is 4.90 Å². The van der Waals surface area contributed by atoms with Crippen molar-refractivity contribution in [3.8, 4) is 5.75 Å². The predicted molar refractivity (Wildman–Crippen MR) is 104 cm³/mol. The number of hydrogen-bond donors (Lipinski definition) is 2. The molecule has 0 saturated carbocycles. The van der Waals surface area contributed by atoms with Gasteiger partial charge in [0, 0.05) is 37.9 Å². The molecule has 27 heavy (non-hydrogen) atoms. The molecule has 7 heteroatoms. The Morgan fingerprint density at radius 2 is 2.19 bits per heavy atom. The summed E-state index contributed by atoms with van der Waals surface area (Å²) in [6, 6.07) is 7.30. The Kier molecular flexibility index (Phi) is 6.71.